The van der Waals surface area contributed by atoms with E-state index in [2.05, 4.69) is 0 Å². The zero-order valence-electron chi connectivity index (χ0n) is 17.4. The number of hydrogen-bond donors (Lipinski definition) is 1. The smallest absolute Gasteiger partial charge is 0.294 e. The van der Waals surface area contributed by atoms with Crippen LogP contribution in [-0.2, 0) is 11.4 Å². The number of benzene rings is 2. The Kier molecular flexibility index (Phi) is 5.54. The first-order valence-electron chi connectivity index (χ1n) is 10.3. The summed E-state index contributed by atoms with van der Waals surface area (Å²) in [6.45, 7) is 0.421. The average molecular weight is 458 g/mol. The van der Waals surface area contributed by atoms with Gasteiger partial charge in [0.15, 0.2) is 11.5 Å². The Morgan fingerprint density at radius 2 is 1.79 bits per heavy atom. The third-order valence-corrected chi connectivity index (χ3v) is 6.30. The molecule has 0 fully saturated rings. The van der Waals surface area contributed by atoms with Crippen LogP contribution in [0.2, 0.25) is 0 Å². The first kappa shape index (κ1) is 20.8. The van der Waals surface area contributed by atoms with E-state index in [1.54, 1.807) is 30.3 Å². The van der Waals surface area contributed by atoms with Crippen LogP contribution in [-0.4, -0.2) is 16.8 Å². The first-order valence-corrected chi connectivity index (χ1v) is 11.2. The third-order valence-electron chi connectivity index (χ3n) is 5.37. The molecule has 1 atom stereocenters. The monoisotopic (exact) mass is 457 g/mol. The molecule has 6 nitrogen and oxygen atoms in total. The molecule has 1 aliphatic heterocycles. The third kappa shape index (κ3) is 3.94. The lowest BCUT2D eigenvalue weighted by atomic mass is 10.00. The molecule has 1 aliphatic rings. The fourth-order valence-corrected chi connectivity index (χ4v) is 4.63. The minimum absolute atomic E-state index is 0.00167. The molecule has 2 aromatic heterocycles. The van der Waals surface area contributed by atoms with E-state index in [0.29, 0.717) is 18.0 Å². The number of rotatable bonds is 7. The van der Waals surface area contributed by atoms with Gasteiger partial charge < -0.3 is 14.3 Å². The van der Waals surface area contributed by atoms with Gasteiger partial charge in [-0.15, -0.1) is 11.3 Å². The molecular formula is C26H19NO5S. The molecule has 0 radical (unpaired) electrons. The van der Waals surface area contributed by atoms with Crippen LogP contribution < -0.4 is 9.64 Å². The van der Waals surface area contributed by atoms with Crippen molar-refractivity contribution in [3.05, 3.63) is 118 Å². The highest BCUT2D eigenvalue weighted by Crippen LogP contribution is 2.43. The van der Waals surface area contributed by atoms with Crippen molar-refractivity contribution in [1.82, 2.24) is 0 Å². The molecule has 0 spiro atoms. The van der Waals surface area contributed by atoms with Gasteiger partial charge in [0.05, 0.1) is 11.8 Å². The summed E-state index contributed by atoms with van der Waals surface area (Å²) >= 11 is 1.40. The molecule has 3 heterocycles. The average Bonchev–Trinajstić information content (AvgIpc) is 3.61. The fourth-order valence-electron chi connectivity index (χ4n) is 3.80. The zero-order chi connectivity index (χ0) is 22.8. The molecule has 5 rings (SSSR count). The topological polar surface area (TPSA) is 80.0 Å². The van der Waals surface area contributed by atoms with Gasteiger partial charge in [-0.05, 0) is 53.4 Å². The van der Waals surface area contributed by atoms with Gasteiger partial charge in [-0.25, -0.2) is 0 Å². The molecule has 1 amide bonds. The first-order chi connectivity index (χ1) is 16.1. The Morgan fingerprint density at radius 3 is 2.45 bits per heavy atom. The molecule has 7 heteroatoms. The van der Waals surface area contributed by atoms with Gasteiger partial charge >= 0.3 is 0 Å². The molecular weight excluding hydrogens is 438 g/mol. The fraction of sp³-hybridized carbons (Fsp3) is 0.0769. The summed E-state index contributed by atoms with van der Waals surface area (Å²) in [5.74, 6) is -1.02. The maximum absolute atomic E-state index is 13.1. The van der Waals surface area contributed by atoms with Crippen molar-refractivity contribution in [2.75, 3.05) is 4.90 Å². The van der Waals surface area contributed by atoms with E-state index >= 15 is 0 Å². The van der Waals surface area contributed by atoms with E-state index in [-0.39, 0.29) is 11.3 Å². The second-order valence-corrected chi connectivity index (χ2v) is 8.41. The van der Waals surface area contributed by atoms with E-state index in [1.807, 2.05) is 47.8 Å². The van der Waals surface area contributed by atoms with E-state index in [0.717, 1.165) is 10.4 Å². The Bertz CT molecular complexity index is 1290. The minimum atomic E-state index is -0.758. The summed E-state index contributed by atoms with van der Waals surface area (Å²) in [5, 5.41) is 12.6. The van der Waals surface area contributed by atoms with Crippen LogP contribution >= 0.6 is 11.3 Å². The van der Waals surface area contributed by atoms with Crippen LogP contribution in [0.5, 0.6) is 5.75 Å². The molecule has 164 valence electrons. The molecule has 1 N–H and O–H groups in total. The second kappa shape index (κ2) is 8.80. The highest BCUT2D eigenvalue weighted by molar-refractivity contribution is 7.10. The molecule has 4 aromatic rings. The van der Waals surface area contributed by atoms with Gasteiger partial charge in [0.25, 0.3) is 5.91 Å². The molecule has 0 saturated carbocycles. The summed E-state index contributed by atoms with van der Waals surface area (Å²) in [4.78, 5) is 28.4. The molecule has 0 aliphatic carbocycles. The van der Waals surface area contributed by atoms with Crippen LogP contribution in [0.1, 0.15) is 27.0 Å². The lowest BCUT2D eigenvalue weighted by molar-refractivity contribution is -0.117. The molecule has 2 aromatic carbocycles. The van der Waals surface area contributed by atoms with Gasteiger partial charge in [0.1, 0.15) is 18.4 Å². The van der Waals surface area contributed by atoms with Crippen molar-refractivity contribution in [2.45, 2.75) is 12.6 Å². The standard InChI is InChI=1S/C26H19NO5S/c28-24(20-8-4-14-31-20)22-23(21-9-5-15-33-21)27(26(30)25(22)29)18-10-12-19(13-11-18)32-16-17-6-2-1-3-7-17/h1-15,23,29H,16H2. The maximum atomic E-state index is 13.1. The number of furan rings is 1. The Balaban J connectivity index is 1.44. The highest BCUT2D eigenvalue weighted by atomic mass is 32.1. The Morgan fingerprint density at radius 1 is 1.00 bits per heavy atom. The van der Waals surface area contributed by atoms with Crippen molar-refractivity contribution in [1.29, 1.82) is 0 Å². The predicted octanol–water partition coefficient (Wildman–Crippen LogP) is 5.70. The number of thiophene rings is 1. The number of nitrogens with zero attached hydrogens (tertiary/aromatic N) is 1. The van der Waals surface area contributed by atoms with Gasteiger partial charge in [0.2, 0.25) is 5.78 Å². The van der Waals surface area contributed by atoms with Crippen molar-refractivity contribution in [3.8, 4) is 5.75 Å². The van der Waals surface area contributed by atoms with Crippen molar-refractivity contribution in [2.24, 2.45) is 0 Å². The van der Waals surface area contributed by atoms with E-state index in [9.17, 15) is 14.7 Å². The van der Waals surface area contributed by atoms with E-state index in [4.69, 9.17) is 9.15 Å². The number of anilines is 1. The molecule has 0 saturated heterocycles. The van der Waals surface area contributed by atoms with Gasteiger partial charge in [-0.3, -0.25) is 14.5 Å². The Hall–Kier alpha value is -4.10. The van der Waals surface area contributed by atoms with Crippen LogP contribution in [0.15, 0.2) is 106 Å². The lowest BCUT2D eigenvalue weighted by Gasteiger charge is -2.25. The summed E-state index contributed by atoms with van der Waals surface area (Å²) in [7, 11) is 0. The van der Waals surface area contributed by atoms with Crippen LogP contribution in [0.4, 0.5) is 5.69 Å². The largest absolute Gasteiger partial charge is 0.503 e. The van der Waals surface area contributed by atoms with Crippen LogP contribution in [0.3, 0.4) is 0 Å². The highest BCUT2D eigenvalue weighted by Gasteiger charge is 2.45. The SMILES string of the molecule is O=C(C1=C(O)C(=O)N(c2ccc(OCc3ccccc3)cc2)C1c1cccs1)c1ccco1. The molecule has 0 bridgehead atoms. The second-order valence-electron chi connectivity index (χ2n) is 7.43. The number of amides is 1. The van der Waals surface area contributed by atoms with E-state index < -0.39 is 23.5 Å². The van der Waals surface area contributed by atoms with Crippen LogP contribution in [0, 0.1) is 0 Å². The number of carbonyl (C=O) groups is 2. The van der Waals surface area contributed by atoms with Gasteiger partial charge in [-0.1, -0.05) is 36.4 Å². The predicted molar refractivity (Wildman–Crippen MR) is 124 cm³/mol. The molecule has 1 unspecified atom stereocenters. The van der Waals surface area contributed by atoms with E-state index in [1.165, 1.54) is 28.6 Å². The molecule has 33 heavy (non-hydrogen) atoms. The zero-order valence-corrected chi connectivity index (χ0v) is 18.2. The van der Waals surface area contributed by atoms with Crippen molar-refractivity contribution < 1.29 is 23.8 Å². The number of ketones is 1. The normalized spacial score (nSPS) is 15.8. The number of ether oxygens (including phenoxy) is 1. The van der Waals surface area contributed by atoms with Crippen LogP contribution in [0.25, 0.3) is 0 Å². The summed E-state index contributed by atoms with van der Waals surface area (Å²) in [6, 6.07) is 22.8. The number of aliphatic hydroxyl groups is 1. The van der Waals surface area contributed by atoms with Crippen molar-refractivity contribution in [3.63, 3.8) is 0 Å². The number of aliphatic hydroxyl groups excluding tert-OH is 1. The maximum Gasteiger partial charge on any atom is 0.294 e. The Labute approximate surface area is 194 Å². The summed E-state index contributed by atoms with van der Waals surface area (Å²) < 4.78 is 11.1. The number of Topliss-reactive ketones (excluding diaryl/α,β-unsaturated/α-hetero) is 1. The number of hydrogen-bond acceptors (Lipinski definition) is 6. The summed E-state index contributed by atoms with van der Waals surface area (Å²) in [5.41, 5.74) is 1.59. The quantitative estimate of drug-likeness (QED) is 0.360. The van der Waals surface area contributed by atoms with Gasteiger partial charge in [-0.2, -0.15) is 0 Å². The minimum Gasteiger partial charge on any atom is -0.503 e. The van der Waals surface area contributed by atoms with Crippen molar-refractivity contribution >= 4 is 28.7 Å². The number of carbonyl (C=O) groups excluding carboxylic acids is 2. The summed E-state index contributed by atoms with van der Waals surface area (Å²) in [6.07, 6.45) is 1.38. The lowest BCUT2D eigenvalue weighted by Crippen LogP contribution is -2.30. The van der Waals surface area contributed by atoms with Gasteiger partial charge in [0, 0.05) is 10.6 Å².